The number of Topliss-reactive ketones (excluding diaryl/α,β-unsaturated/α-hetero) is 1. The van der Waals surface area contributed by atoms with Gasteiger partial charge in [0.2, 0.25) is 11.7 Å². The fourth-order valence-corrected chi connectivity index (χ4v) is 5.04. The van der Waals surface area contributed by atoms with Gasteiger partial charge in [0.1, 0.15) is 0 Å². The Morgan fingerprint density at radius 1 is 1.38 bits per heavy atom. The van der Waals surface area contributed by atoms with Crippen LogP contribution in [-0.2, 0) is 24.5 Å². The van der Waals surface area contributed by atoms with E-state index in [1.807, 2.05) is 24.3 Å². The number of fused-ring (bicyclic) bond motifs is 4. The second-order valence-electron chi connectivity index (χ2n) is 7.33. The van der Waals surface area contributed by atoms with Gasteiger partial charge in [-0.15, -0.1) is 6.58 Å². The molecule has 1 amide bonds. The zero-order chi connectivity index (χ0) is 18.5. The van der Waals surface area contributed by atoms with E-state index in [0.29, 0.717) is 19.4 Å². The highest BCUT2D eigenvalue weighted by atomic mass is 16.5. The molecule has 0 unspecified atom stereocenters. The number of anilines is 1. The van der Waals surface area contributed by atoms with Crippen LogP contribution in [0.15, 0.2) is 36.9 Å². The van der Waals surface area contributed by atoms with Gasteiger partial charge < -0.3 is 10.1 Å². The quantitative estimate of drug-likeness (QED) is 0.506. The van der Waals surface area contributed by atoms with Crippen molar-refractivity contribution < 1.29 is 19.1 Å². The summed E-state index contributed by atoms with van der Waals surface area (Å²) in [5.41, 5.74) is 1.19. The van der Waals surface area contributed by atoms with Crippen LogP contribution in [0.25, 0.3) is 0 Å². The number of methoxy groups -OCH3 is 1. The molecule has 4 rings (SSSR count). The van der Waals surface area contributed by atoms with E-state index >= 15 is 0 Å². The summed E-state index contributed by atoms with van der Waals surface area (Å²) in [7, 11) is 1.22. The van der Waals surface area contributed by atoms with E-state index in [-0.39, 0.29) is 17.9 Å². The van der Waals surface area contributed by atoms with E-state index < -0.39 is 23.1 Å². The van der Waals surface area contributed by atoms with Gasteiger partial charge in [-0.2, -0.15) is 0 Å². The van der Waals surface area contributed by atoms with Gasteiger partial charge in [-0.3, -0.25) is 14.5 Å². The molecule has 2 saturated heterocycles. The third-order valence-electron chi connectivity index (χ3n) is 6.33. The molecule has 1 N–H and O–H groups in total. The lowest BCUT2D eigenvalue weighted by Crippen LogP contribution is -2.54. The minimum Gasteiger partial charge on any atom is -0.463 e. The van der Waals surface area contributed by atoms with E-state index in [1.54, 1.807) is 6.08 Å². The number of piperidine rings is 1. The molecule has 0 aliphatic carbocycles. The lowest BCUT2D eigenvalue weighted by atomic mass is 9.68. The molecule has 26 heavy (non-hydrogen) atoms. The van der Waals surface area contributed by atoms with Gasteiger partial charge in [0, 0.05) is 24.2 Å². The van der Waals surface area contributed by atoms with E-state index in [0.717, 1.165) is 17.8 Å². The lowest BCUT2D eigenvalue weighted by molar-refractivity contribution is -0.155. The van der Waals surface area contributed by atoms with Crippen molar-refractivity contribution >= 4 is 23.3 Å². The predicted octanol–water partition coefficient (Wildman–Crippen LogP) is 1.51. The van der Waals surface area contributed by atoms with Crippen LogP contribution < -0.4 is 5.32 Å². The molecule has 4 atom stereocenters. The second-order valence-corrected chi connectivity index (χ2v) is 7.33. The third kappa shape index (κ3) is 2.18. The standard InChI is InChI=1S/C20H22N2O4/c1-3-12-11-22-9-8-20(14-6-4-5-7-15(14)21-19(20)25)16(22)10-13(12)17(23)18(24)26-2/h3-7,12-13,16H,1,8-11H2,2H3,(H,21,25)/t12-,13-,16-,20+/m0/s1. The Balaban J connectivity index is 1.73. The summed E-state index contributed by atoms with van der Waals surface area (Å²) >= 11 is 0. The first-order chi connectivity index (χ1) is 12.5. The molecular weight excluding hydrogens is 332 g/mol. The van der Waals surface area contributed by atoms with Crippen LogP contribution in [-0.4, -0.2) is 48.8 Å². The first-order valence-corrected chi connectivity index (χ1v) is 8.92. The maximum Gasteiger partial charge on any atom is 0.374 e. The first kappa shape index (κ1) is 17.0. The number of carbonyl (C=O) groups is 3. The Morgan fingerprint density at radius 2 is 2.15 bits per heavy atom. The maximum atomic E-state index is 13.0. The number of nitrogens with zero attached hydrogens (tertiary/aromatic N) is 1. The van der Waals surface area contributed by atoms with Gasteiger partial charge in [0.15, 0.2) is 0 Å². The zero-order valence-electron chi connectivity index (χ0n) is 14.7. The number of ketones is 1. The van der Waals surface area contributed by atoms with Gasteiger partial charge in [0.05, 0.1) is 12.5 Å². The summed E-state index contributed by atoms with van der Waals surface area (Å²) < 4.78 is 4.65. The van der Waals surface area contributed by atoms with Gasteiger partial charge in [-0.1, -0.05) is 24.3 Å². The van der Waals surface area contributed by atoms with Crippen LogP contribution in [0.5, 0.6) is 0 Å². The molecule has 0 aromatic heterocycles. The molecule has 0 saturated carbocycles. The van der Waals surface area contributed by atoms with E-state index in [2.05, 4.69) is 21.5 Å². The highest BCUT2D eigenvalue weighted by Gasteiger charge is 2.60. The molecule has 6 heteroatoms. The molecule has 1 aromatic rings. The fourth-order valence-electron chi connectivity index (χ4n) is 5.04. The number of para-hydroxylation sites is 1. The van der Waals surface area contributed by atoms with Crippen LogP contribution in [0.3, 0.4) is 0 Å². The highest BCUT2D eigenvalue weighted by molar-refractivity contribution is 6.34. The van der Waals surface area contributed by atoms with E-state index in [4.69, 9.17) is 0 Å². The summed E-state index contributed by atoms with van der Waals surface area (Å²) in [6.07, 6.45) is 2.91. The smallest absolute Gasteiger partial charge is 0.374 e. The van der Waals surface area contributed by atoms with Crippen molar-refractivity contribution in [3.63, 3.8) is 0 Å². The molecular formula is C20H22N2O4. The first-order valence-electron chi connectivity index (χ1n) is 8.92. The van der Waals surface area contributed by atoms with Crippen LogP contribution in [0.1, 0.15) is 18.4 Å². The second kappa shape index (κ2) is 6.06. The van der Waals surface area contributed by atoms with Crippen LogP contribution in [0, 0.1) is 11.8 Å². The topological polar surface area (TPSA) is 75.7 Å². The molecule has 2 fully saturated rings. The van der Waals surface area contributed by atoms with Crippen molar-refractivity contribution in [2.24, 2.45) is 11.8 Å². The summed E-state index contributed by atoms with van der Waals surface area (Å²) in [5.74, 6) is -1.97. The monoisotopic (exact) mass is 354 g/mol. The number of amides is 1. The Morgan fingerprint density at radius 3 is 2.88 bits per heavy atom. The molecule has 3 aliphatic heterocycles. The number of carbonyl (C=O) groups excluding carboxylic acids is 3. The number of rotatable bonds is 3. The predicted molar refractivity (Wildman–Crippen MR) is 95.5 cm³/mol. The summed E-state index contributed by atoms with van der Waals surface area (Å²) in [6.45, 7) is 5.26. The molecule has 1 aromatic carbocycles. The Labute approximate surface area is 152 Å². The number of nitrogens with one attached hydrogen (secondary N) is 1. The van der Waals surface area contributed by atoms with Gasteiger partial charge in [0.25, 0.3) is 0 Å². The van der Waals surface area contributed by atoms with Crippen molar-refractivity contribution in [2.75, 3.05) is 25.5 Å². The largest absolute Gasteiger partial charge is 0.463 e. The van der Waals surface area contributed by atoms with Gasteiger partial charge in [-0.05, 0) is 36.9 Å². The van der Waals surface area contributed by atoms with E-state index in [9.17, 15) is 14.4 Å². The van der Waals surface area contributed by atoms with Crippen molar-refractivity contribution in [2.45, 2.75) is 24.3 Å². The third-order valence-corrected chi connectivity index (χ3v) is 6.33. The Bertz CT molecular complexity index is 805. The number of hydrogen-bond donors (Lipinski definition) is 1. The van der Waals surface area contributed by atoms with Crippen molar-refractivity contribution in [3.05, 3.63) is 42.5 Å². The van der Waals surface area contributed by atoms with Gasteiger partial charge >= 0.3 is 5.97 Å². The summed E-state index contributed by atoms with van der Waals surface area (Å²) in [5, 5.41) is 3.00. The molecule has 136 valence electrons. The zero-order valence-corrected chi connectivity index (χ0v) is 14.7. The van der Waals surface area contributed by atoms with Gasteiger partial charge in [-0.25, -0.2) is 4.79 Å². The van der Waals surface area contributed by atoms with Crippen LogP contribution >= 0.6 is 0 Å². The average molecular weight is 354 g/mol. The lowest BCUT2D eigenvalue weighted by Gasteiger charge is -2.43. The minimum absolute atomic E-state index is 0.00693. The molecule has 0 bridgehead atoms. The van der Waals surface area contributed by atoms with Crippen molar-refractivity contribution in [1.82, 2.24) is 4.90 Å². The van der Waals surface area contributed by atoms with Crippen molar-refractivity contribution in [3.8, 4) is 0 Å². The number of ether oxygens (including phenoxy) is 1. The van der Waals surface area contributed by atoms with Crippen LogP contribution in [0.4, 0.5) is 5.69 Å². The maximum absolute atomic E-state index is 13.0. The molecule has 0 radical (unpaired) electrons. The fraction of sp³-hybridized carbons (Fsp3) is 0.450. The Kier molecular flexibility index (Phi) is 3.95. The Hall–Kier alpha value is -2.47. The minimum atomic E-state index is -0.821. The highest BCUT2D eigenvalue weighted by Crippen LogP contribution is 2.52. The molecule has 1 spiro atoms. The molecule has 6 nitrogen and oxygen atoms in total. The average Bonchev–Trinajstić information content (AvgIpc) is 3.18. The number of esters is 1. The number of benzene rings is 1. The van der Waals surface area contributed by atoms with Crippen LogP contribution in [0.2, 0.25) is 0 Å². The molecule has 3 aliphatic rings. The summed E-state index contributed by atoms with van der Waals surface area (Å²) in [6, 6.07) is 7.64. The van der Waals surface area contributed by atoms with Crippen molar-refractivity contribution in [1.29, 1.82) is 0 Å². The SMILES string of the molecule is C=C[C@H]1CN2CC[C@]3(C(=O)Nc4ccccc43)[C@@H]2C[C@@H]1C(=O)C(=O)OC. The van der Waals surface area contributed by atoms with E-state index in [1.165, 1.54) is 7.11 Å². The number of hydrogen-bond acceptors (Lipinski definition) is 5. The summed E-state index contributed by atoms with van der Waals surface area (Å²) in [4.78, 5) is 39.7. The normalized spacial score (nSPS) is 32.7. The molecule has 3 heterocycles.